The Balaban J connectivity index is 1.81. The van der Waals surface area contributed by atoms with Crippen molar-refractivity contribution in [1.82, 2.24) is 4.98 Å². The van der Waals surface area contributed by atoms with E-state index in [1.165, 1.54) is 5.56 Å². The van der Waals surface area contributed by atoms with Gasteiger partial charge >= 0.3 is 0 Å². The Labute approximate surface area is 117 Å². The summed E-state index contributed by atoms with van der Waals surface area (Å²) < 4.78 is 5.76. The van der Waals surface area contributed by atoms with Gasteiger partial charge in [0.15, 0.2) is 5.13 Å². The highest BCUT2D eigenvalue weighted by Gasteiger charge is 2.24. The second kappa shape index (κ2) is 5.31. The van der Waals surface area contributed by atoms with Gasteiger partial charge in [0, 0.05) is 24.0 Å². The highest BCUT2D eigenvalue weighted by molar-refractivity contribution is 7.14. The minimum atomic E-state index is 0.271. The minimum absolute atomic E-state index is 0.271. The van der Waals surface area contributed by atoms with Crippen LogP contribution in [0.15, 0.2) is 35.7 Å². The van der Waals surface area contributed by atoms with E-state index in [-0.39, 0.29) is 12.2 Å². The SMILES string of the molecule is C[C@@H]1CN(c2nc(-c3ccccc3)cs2)C[C@H](C)O1. The van der Waals surface area contributed by atoms with Crippen LogP contribution in [0.4, 0.5) is 5.13 Å². The molecule has 2 heterocycles. The van der Waals surface area contributed by atoms with Crippen molar-refractivity contribution in [2.24, 2.45) is 0 Å². The number of hydrogen-bond donors (Lipinski definition) is 0. The lowest BCUT2D eigenvalue weighted by atomic mass is 10.2. The molecular formula is C15H18N2OS. The summed E-state index contributed by atoms with van der Waals surface area (Å²) in [4.78, 5) is 7.09. The summed E-state index contributed by atoms with van der Waals surface area (Å²) >= 11 is 1.71. The maximum absolute atomic E-state index is 5.76. The molecule has 1 aromatic heterocycles. The molecule has 0 aliphatic carbocycles. The fourth-order valence-corrected chi connectivity index (χ4v) is 3.34. The number of morpholine rings is 1. The van der Waals surface area contributed by atoms with E-state index in [0.29, 0.717) is 0 Å². The molecule has 0 bridgehead atoms. The molecule has 4 heteroatoms. The Morgan fingerprint density at radius 1 is 1.16 bits per heavy atom. The Morgan fingerprint density at radius 2 is 1.84 bits per heavy atom. The smallest absolute Gasteiger partial charge is 0.186 e. The number of ether oxygens (including phenoxy) is 1. The maximum Gasteiger partial charge on any atom is 0.186 e. The molecule has 0 saturated carbocycles. The lowest BCUT2D eigenvalue weighted by Gasteiger charge is -2.35. The third-order valence-electron chi connectivity index (χ3n) is 3.25. The molecular weight excluding hydrogens is 256 g/mol. The van der Waals surface area contributed by atoms with Crippen molar-refractivity contribution in [3.8, 4) is 11.3 Å². The number of rotatable bonds is 2. The van der Waals surface area contributed by atoms with E-state index in [4.69, 9.17) is 9.72 Å². The standard InChI is InChI=1S/C15H18N2OS/c1-11-8-17(9-12(2)18-11)15-16-14(10-19-15)13-6-4-3-5-7-13/h3-7,10-12H,8-9H2,1-2H3/t11-,12+. The van der Waals surface area contributed by atoms with Crippen molar-refractivity contribution >= 4 is 16.5 Å². The highest BCUT2D eigenvalue weighted by atomic mass is 32.1. The Kier molecular flexibility index (Phi) is 3.53. The van der Waals surface area contributed by atoms with Crippen molar-refractivity contribution in [1.29, 1.82) is 0 Å². The fraction of sp³-hybridized carbons (Fsp3) is 0.400. The van der Waals surface area contributed by atoms with Crippen LogP contribution in [0.1, 0.15) is 13.8 Å². The summed E-state index contributed by atoms with van der Waals surface area (Å²) in [5, 5.41) is 3.23. The first-order valence-corrected chi connectivity index (χ1v) is 7.51. The van der Waals surface area contributed by atoms with E-state index in [9.17, 15) is 0 Å². The fourth-order valence-electron chi connectivity index (χ4n) is 2.49. The molecule has 3 rings (SSSR count). The molecule has 0 radical (unpaired) electrons. The van der Waals surface area contributed by atoms with Gasteiger partial charge in [0.1, 0.15) is 0 Å². The molecule has 0 N–H and O–H groups in total. The van der Waals surface area contributed by atoms with Gasteiger partial charge in [0.05, 0.1) is 17.9 Å². The van der Waals surface area contributed by atoms with Gasteiger partial charge in [-0.3, -0.25) is 0 Å². The summed E-state index contributed by atoms with van der Waals surface area (Å²) in [6.07, 6.45) is 0.542. The van der Waals surface area contributed by atoms with Crippen LogP contribution < -0.4 is 4.90 Å². The monoisotopic (exact) mass is 274 g/mol. The molecule has 1 fully saturated rings. The van der Waals surface area contributed by atoms with Crippen LogP contribution >= 0.6 is 11.3 Å². The van der Waals surface area contributed by atoms with E-state index >= 15 is 0 Å². The number of anilines is 1. The van der Waals surface area contributed by atoms with E-state index in [2.05, 4.69) is 36.3 Å². The van der Waals surface area contributed by atoms with Crippen LogP contribution in [0.25, 0.3) is 11.3 Å². The normalized spacial score (nSPS) is 23.6. The number of aromatic nitrogens is 1. The molecule has 2 atom stereocenters. The largest absolute Gasteiger partial charge is 0.372 e. The maximum atomic E-state index is 5.76. The summed E-state index contributed by atoms with van der Waals surface area (Å²) in [7, 11) is 0. The highest BCUT2D eigenvalue weighted by Crippen LogP contribution is 2.29. The molecule has 100 valence electrons. The second-order valence-corrected chi connectivity index (χ2v) is 5.88. The predicted octanol–water partition coefficient (Wildman–Crippen LogP) is 3.42. The van der Waals surface area contributed by atoms with Gasteiger partial charge in [-0.25, -0.2) is 4.98 Å². The molecule has 1 aliphatic rings. The molecule has 2 aromatic rings. The second-order valence-electron chi connectivity index (χ2n) is 5.04. The topological polar surface area (TPSA) is 25.4 Å². The number of thiazole rings is 1. The van der Waals surface area contributed by atoms with Gasteiger partial charge in [0.2, 0.25) is 0 Å². The lowest BCUT2D eigenvalue weighted by molar-refractivity contribution is -0.00522. The average Bonchev–Trinajstić information content (AvgIpc) is 2.88. The number of benzene rings is 1. The predicted molar refractivity (Wildman–Crippen MR) is 79.8 cm³/mol. The Bertz CT molecular complexity index is 530. The van der Waals surface area contributed by atoms with Crippen LogP contribution in [-0.2, 0) is 4.74 Å². The molecule has 19 heavy (non-hydrogen) atoms. The zero-order chi connectivity index (χ0) is 13.2. The molecule has 1 aliphatic heterocycles. The van der Waals surface area contributed by atoms with Gasteiger partial charge < -0.3 is 9.64 Å². The number of nitrogens with zero attached hydrogens (tertiary/aromatic N) is 2. The van der Waals surface area contributed by atoms with Crippen LogP contribution in [0.3, 0.4) is 0 Å². The van der Waals surface area contributed by atoms with Crippen molar-refractivity contribution < 1.29 is 4.74 Å². The van der Waals surface area contributed by atoms with Gasteiger partial charge in [-0.1, -0.05) is 30.3 Å². The van der Waals surface area contributed by atoms with E-state index in [1.807, 2.05) is 18.2 Å². The van der Waals surface area contributed by atoms with Crippen molar-refractivity contribution in [2.45, 2.75) is 26.1 Å². The molecule has 3 nitrogen and oxygen atoms in total. The van der Waals surface area contributed by atoms with Crippen LogP contribution in [0.2, 0.25) is 0 Å². The van der Waals surface area contributed by atoms with Crippen molar-refractivity contribution in [2.75, 3.05) is 18.0 Å². The van der Waals surface area contributed by atoms with Crippen LogP contribution in [0, 0.1) is 0 Å². The van der Waals surface area contributed by atoms with Gasteiger partial charge in [0.25, 0.3) is 0 Å². The van der Waals surface area contributed by atoms with Gasteiger partial charge in [-0.2, -0.15) is 0 Å². The lowest BCUT2D eigenvalue weighted by Crippen LogP contribution is -2.45. The summed E-state index contributed by atoms with van der Waals surface area (Å²) in [5.41, 5.74) is 2.24. The van der Waals surface area contributed by atoms with Crippen molar-refractivity contribution in [3.63, 3.8) is 0 Å². The molecule has 0 spiro atoms. The molecule has 0 unspecified atom stereocenters. The summed E-state index contributed by atoms with van der Waals surface area (Å²) in [5.74, 6) is 0. The summed E-state index contributed by atoms with van der Waals surface area (Å²) in [6, 6.07) is 10.3. The van der Waals surface area contributed by atoms with Gasteiger partial charge in [-0.05, 0) is 13.8 Å². The van der Waals surface area contributed by atoms with Crippen LogP contribution in [-0.4, -0.2) is 30.3 Å². The zero-order valence-corrected chi connectivity index (χ0v) is 12.1. The minimum Gasteiger partial charge on any atom is -0.372 e. The van der Waals surface area contributed by atoms with Gasteiger partial charge in [-0.15, -0.1) is 11.3 Å². The van der Waals surface area contributed by atoms with Crippen LogP contribution in [0.5, 0.6) is 0 Å². The van der Waals surface area contributed by atoms with E-state index < -0.39 is 0 Å². The number of hydrogen-bond acceptors (Lipinski definition) is 4. The first-order chi connectivity index (χ1) is 9.22. The summed E-state index contributed by atoms with van der Waals surface area (Å²) in [6.45, 7) is 6.08. The first-order valence-electron chi connectivity index (χ1n) is 6.64. The molecule has 0 amide bonds. The Hall–Kier alpha value is -1.39. The zero-order valence-electron chi connectivity index (χ0n) is 11.2. The van der Waals surface area contributed by atoms with E-state index in [0.717, 1.165) is 23.9 Å². The third-order valence-corrected chi connectivity index (χ3v) is 4.15. The first kappa shape index (κ1) is 12.6. The average molecular weight is 274 g/mol. The van der Waals surface area contributed by atoms with E-state index in [1.54, 1.807) is 11.3 Å². The molecule has 1 saturated heterocycles. The quantitative estimate of drug-likeness (QED) is 0.839. The Morgan fingerprint density at radius 3 is 2.53 bits per heavy atom. The third kappa shape index (κ3) is 2.80. The van der Waals surface area contributed by atoms with Crippen molar-refractivity contribution in [3.05, 3.63) is 35.7 Å². The molecule has 1 aromatic carbocycles.